The molecule has 0 bridgehead atoms. The Hall–Kier alpha value is -0.811. The van der Waals surface area contributed by atoms with Crippen molar-refractivity contribution in [3.8, 4) is 0 Å². The van der Waals surface area contributed by atoms with Crippen molar-refractivity contribution in [3.05, 3.63) is 35.0 Å². The second kappa shape index (κ2) is 8.35. The number of rotatable bonds is 3. The van der Waals surface area contributed by atoms with Crippen molar-refractivity contribution in [1.29, 1.82) is 0 Å². The first-order chi connectivity index (χ1) is 7.22. The van der Waals surface area contributed by atoms with Crippen molar-refractivity contribution in [3.63, 3.8) is 0 Å². The first-order valence-corrected chi connectivity index (χ1v) is 5.14. The molecule has 1 aromatic heterocycles. The van der Waals surface area contributed by atoms with Gasteiger partial charge < -0.3 is 10.5 Å². The van der Waals surface area contributed by atoms with Crippen LogP contribution in [0.5, 0.6) is 0 Å². The van der Waals surface area contributed by atoms with Gasteiger partial charge in [-0.2, -0.15) is 0 Å². The van der Waals surface area contributed by atoms with Crippen molar-refractivity contribution in [2.45, 2.75) is 13.8 Å². The van der Waals surface area contributed by atoms with Crippen LogP contribution in [0.4, 0.5) is 0 Å². The van der Waals surface area contributed by atoms with Crippen LogP contribution < -0.4 is 5.32 Å². The molecule has 0 aliphatic heterocycles. The van der Waals surface area contributed by atoms with Gasteiger partial charge in [0.1, 0.15) is 0 Å². The number of aryl methyl sites for hydroxylation is 1. The zero-order valence-corrected chi connectivity index (χ0v) is 10.9. The molecule has 1 N–H and O–H groups in total. The molecule has 0 aliphatic rings. The SMILES string of the molecule is CCNC(=[SH+])[N-]N=Cc1cccc(C)n1.[Cu+2]. The summed E-state index contributed by atoms with van der Waals surface area (Å²) in [6, 6.07) is 5.74. The van der Waals surface area contributed by atoms with Gasteiger partial charge in [-0.15, -0.1) is 0 Å². The molecule has 1 radical (unpaired) electrons. The average Bonchev–Trinajstić information content (AvgIpc) is 2.18. The predicted molar refractivity (Wildman–Crippen MR) is 67.4 cm³/mol. The number of hydrogen-bond donors (Lipinski definition) is 1. The van der Waals surface area contributed by atoms with E-state index in [-0.39, 0.29) is 17.1 Å². The maximum atomic E-state index is 4.25. The van der Waals surface area contributed by atoms with Crippen LogP contribution in [0, 0.1) is 6.92 Å². The first kappa shape index (κ1) is 15.2. The van der Waals surface area contributed by atoms with Crippen LogP contribution in [-0.4, -0.2) is 22.9 Å². The van der Waals surface area contributed by atoms with Crippen LogP contribution in [-0.2, 0) is 29.3 Å². The minimum atomic E-state index is 0. The molecular formula is C10H14CuN4S+2. The van der Waals surface area contributed by atoms with E-state index in [1.165, 1.54) is 0 Å². The van der Waals surface area contributed by atoms with Gasteiger partial charge in [-0.3, -0.25) is 10.3 Å². The molecule has 0 aromatic carbocycles. The van der Waals surface area contributed by atoms with Gasteiger partial charge in [0.05, 0.1) is 5.69 Å². The Labute approximate surface area is 111 Å². The van der Waals surface area contributed by atoms with E-state index in [1.807, 2.05) is 32.0 Å². The van der Waals surface area contributed by atoms with Gasteiger partial charge >= 0.3 is 17.1 Å². The molecule has 0 amide bonds. The van der Waals surface area contributed by atoms with Gasteiger partial charge in [0.25, 0.3) is 0 Å². The maximum Gasteiger partial charge on any atom is 2.00 e. The van der Waals surface area contributed by atoms with Gasteiger partial charge in [0.15, 0.2) is 17.3 Å². The van der Waals surface area contributed by atoms with E-state index >= 15 is 0 Å². The zero-order chi connectivity index (χ0) is 11.1. The topological polar surface area (TPSA) is 51.4 Å². The van der Waals surface area contributed by atoms with Gasteiger partial charge in [-0.25, -0.2) is 0 Å². The van der Waals surface area contributed by atoms with Gasteiger partial charge in [0.2, 0.25) is 0 Å². The summed E-state index contributed by atoms with van der Waals surface area (Å²) in [5, 5.41) is 7.29. The van der Waals surface area contributed by atoms with E-state index in [4.69, 9.17) is 0 Å². The van der Waals surface area contributed by atoms with Gasteiger partial charge in [0, 0.05) is 11.9 Å². The summed E-state index contributed by atoms with van der Waals surface area (Å²) in [5.74, 6) is 0. The van der Waals surface area contributed by atoms with E-state index < -0.39 is 0 Å². The molecule has 0 atom stereocenters. The first-order valence-electron chi connectivity index (χ1n) is 4.70. The molecule has 0 spiro atoms. The second-order valence-electron chi connectivity index (χ2n) is 2.90. The molecule has 4 nitrogen and oxygen atoms in total. The van der Waals surface area contributed by atoms with Crippen LogP contribution in [0.15, 0.2) is 23.3 Å². The molecule has 0 aliphatic carbocycles. The molecule has 0 saturated carbocycles. The summed E-state index contributed by atoms with van der Waals surface area (Å²) >= 11 is 4.08. The summed E-state index contributed by atoms with van der Waals surface area (Å²) in [7, 11) is 0. The second-order valence-corrected chi connectivity index (χ2v) is 3.33. The van der Waals surface area contributed by atoms with E-state index in [1.54, 1.807) is 6.21 Å². The molecule has 0 unspecified atom stereocenters. The minimum Gasteiger partial charge on any atom is -0.515 e. The Bertz CT molecular complexity index is 368. The fraction of sp³-hybridized carbons (Fsp3) is 0.300. The van der Waals surface area contributed by atoms with E-state index in [9.17, 15) is 0 Å². The van der Waals surface area contributed by atoms with E-state index in [0.717, 1.165) is 17.9 Å². The van der Waals surface area contributed by atoms with Crippen molar-refractivity contribution < 1.29 is 17.1 Å². The molecule has 6 heteroatoms. The fourth-order valence-corrected chi connectivity index (χ4v) is 1.18. The summed E-state index contributed by atoms with van der Waals surface area (Å²) in [6.45, 7) is 4.68. The quantitative estimate of drug-likeness (QED) is 0.226. The monoisotopic (exact) mass is 285 g/mol. The maximum absolute atomic E-state index is 4.25. The molecule has 1 aromatic rings. The molecule has 1 heterocycles. The number of nitrogens with one attached hydrogen (secondary N) is 1. The van der Waals surface area contributed by atoms with Crippen LogP contribution in [0.2, 0.25) is 0 Å². The molecule has 1 rings (SSSR count). The third-order valence-corrected chi connectivity index (χ3v) is 1.83. The Morgan fingerprint density at radius 3 is 3.00 bits per heavy atom. The Morgan fingerprint density at radius 2 is 2.38 bits per heavy atom. The fourth-order valence-electron chi connectivity index (χ4n) is 0.972. The van der Waals surface area contributed by atoms with Gasteiger partial charge in [-0.05, 0) is 25.6 Å². The van der Waals surface area contributed by atoms with Crippen molar-refractivity contribution >= 4 is 23.5 Å². The third kappa shape index (κ3) is 5.92. The Kier molecular flexibility index (Phi) is 7.93. The van der Waals surface area contributed by atoms with Crippen LogP contribution in [0.25, 0.3) is 5.43 Å². The van der Waals surface area contributed by atoms with Crippen LogP contribution in [0.1, 0.15) is 18.3 Å². The van der Waals surface area contributed by atoms with Crippen molar-refractivity contribution in [2.24, 2.45) is 5.10 Å². The van der Waals surface area contributed by atoms with Gasteiger partial charge in [-0.1, -0.05) is 13.0 Å². The standard InChI is InChI=1S/C10H14N4S.Cu/c1-3-11-10(15)14-12-7-9-6-4-5-8(2)13-9;/h4-7H,3H2,1-2H3,(H2,11,13,14,15);/q;+2. The summed E-state index contributed by atoms with van der Waals surface area (Å²) in [4.78, 5) is 4.25. The van der Waals surface area contributed by atoms with Crippen LogP contribution >= 0.6 is 0 Å². The van der Waals surface area contributed by atoms with Crippen LogP contribution in [0.3, 0.4) is 0 Å². The number of hydrogen-bond acceptors (Lipinski definition) is 2. The minimum absolute atomic E-state index is 0. The third-order valence-electron chi connectivity index (χ3n) is 1.59. The molecule has 0 fully saturated rings. The molecule has 0 saturated heterocycles. The van der Waals surface area contributed by atoms with Crippen molar-refractivity contribution in [2.75, 3.05) is 6.54 Å². The van der Waals surface area contributed by atoms with E-state index in [2.05, 4.69) is 33.0 Å². The predicted octanol–water partition coefficient (Wildman–Crippen LogP) is 1.07. The molecule has 16 heavy (non-hydrogen) atoms. The Morgan fingerprint density at radius 1 is 1.62 bits per heavy atom. The summed E-state index contributed by atoms with van der Waals surface area (Å²) in [5.41, 5.74) is 5.59. The summed E-state index contributed by atoms with van der Waals surface area (Å²) in [6.07, 6.45) is 1.60. The normalized spacial score (nSPS) is 9.88. The zero-order valence-electron chi connectivity index (χ0n) is 9.11. The van der Waals surface area contributed by atoms with E-state index in [0.29, 0.717) is 5.11 Å². The molecular weight excluding hydrogens is 272 g/mol. The number of aromatic nitrogens is 1. The Balaban J connectivity index is 0.00000225. The average molecular weight is 286 g/mol. The number of nitrogens with zero attached hydrogens (tertiary/aromatic N) is 3. The van der Waals surface area contributed by atoms with Crippen molar-refractivity contribution in [1.82, 2.24) is 10.3 Å². The smallest absolute Gasteiger partial charge is 0.515 e. The summed E-state index contributed by atoms with van der Waals surface area (Å²) < 4.78 is 0. The number of pyridine rings is 1. The molecule has 89 valence electrons. The number of thiol groups is 1. The largest absolute Gasteiger partial charge is 2.00 e.